The number of nitrogens with one attached hydrogen (secondary N) is 1. The van der Waals surface area contributed by atoms with Crippen molar-refractivity contribution in [3.63, 3.8) is 0 Å². The van der Waals surface area contributed by atoms with Gasteiger partial charge < -0.3 is 11.1 Å². The highest BCUT2D eigenvalue weighted by Gasteiger charge is 2.13. The quantitative estimate of drug-likeness (QED) is 0.793. The van der Waals surface area contributed by atoms with E-state index in [9.17, 15) is 4.79 Å². The van der Waals surface area contributed by atoms with Crippen LogP contribution in [0.5, 0.6) is 0 Å². The maximum atomic E-state index is 11.8. The Balaban J connectivity index is 2.46. The van der Waals surface area contributed by atoms with Crippen LogP contribution in [0.3, 0.4) is 0 Å². The number of benzene rings is 1. The molecule has 3 N–H and O–H groups in total. The summed E-state index contributed by atoms with van der Waals surface area (Å²) in [5.41, 5.74) is 6.72. The number of rotatable bonds is 6. The number of hydrogen-bond donors (Lipinski definition) is 2. The molecule has 0 saturated carbocycles. The van der Waals surface area contributed by atoms with Gasteiger partial charge in [0.15, 0.2) is 0 Å². The molecule has 2 atom stereocenters. The minimum absolute atomic E-state index is 0.0546. The van der Waals surface area contributed by atoms with Gasteiger partial charge in [0.2, 0.25) is 5.91 Å². The van der Waals surface area contributed by atoms with Crippen molar-refractivity contribution in [3.05, 3.63) is 35.9 Å². The summed E-state index contributed by atoms with van der Waals surface area (Å²) in [6.45, 7) is 4.63. The number of carbonyl (C=O) groups is 1. The smallest absolute Gasteiger partial charge is 0.220 e. The third kappa shape index (κ3) is 4.57. The molecule has 0 aliphatic carbocycles. The van der Waals surface area contributed by atoms with Crippen LogP contribution in [0.1, 0.15) is 38.3 Å². The highest BCUT2D eigenvalue weighted by molar-refractivity contribution is 5.76. The van der Waals surface area contributed by atoms with Crippen LogP contribution in [0, 0.1) is 5.92 Å². The standard InChI is InChI=1S/C14H22N2O/c1-3-12(10-15)9-14(17)16-11(2)13-7-5-4-6-8-13/h4-8,11-12H,3,9-10,15H2,1-2H3,(H,16,17)/t11-,12?/m0/s1. The van der Waals surface area contributed by atoms with Gasteiger partial charge in [-0.1, -0.05) is 43.7 Å². The zero-order valence-electron chi connectivity index (χ0n) is 10.6. The molecule has 1 aromatic carbocycles. The highest BCUT2D eigenvalue weighted by Crippen LogP contribution is 2.12. The van der Waals surface area contributed by atoms with E-state index >= 15 is 0 Å². The maximum absolute atomic E-state index is 11.8. The Hall–Kier alpha value is -1.35. The topological polar surface area (TPSA) is 55.1 Å². The van der Waals surface area contributed by atoms with E-state index in [-0.39, 0.29) is 17.9 Å². The van der Waals surface area contributed by atoms with Gasteiger partial charge in [0.25, 0.3) is 0 Å². The monoisotopic (exact) mass is 234 g/mol. The first-order valence-electron chi connectivity index (χ1n) is 6.21. The van der Waals surface area contributed by atoms with Crippen LogP contribution in [-0.4, -0.2) is 12.5 Å². The van der Waals surface area contributed by atoms with Crippen molar-refractivity contribution in [2.75, 3.05) is 6.54 Å². The fourth-order valence-corrected chi connectivity index (χ4v) is 1.78. The van der Waals surface area contributed by atoms with Gasteiger partial charge in [0.1, 0.15) is 0 Å². The lowest BCUT2D eigenvalue weighted by atomic mass is 10.0. The van der Waals surface area contributed by atoms with Crippen molar-refractivity contribution in [1.29, 1.82) is 0 Å². The van der Waals surface area contributed by atoms with Gasteiger partial charge in [-0.3, -0.25) is 4.79 Å². The molecular weight excluding hydrogens is 212 g/mol. The molecule has 0 radical (unpaired) electrons. The van der Waals surface area contributed by atoms with E-state index in [1.165, 1.54) is 0 Å². The number of amides is 1. The van der Waals surface area contributed by atoms with E-state index in [0.717, 1.165) is 12.0 Å². The predicted molar refractivity (Wildman–Crippen MR) is 70.5 cm³/mol. The molecule has 0 fully saturated rings. The van der Waals surface area contributed by atoms with Gasteiger partial charge >= 0.3 is 0 Å². The lowest BCUT2D eigenvalue weighted by Crippen LogP contribution is -2.30. The van der Waals surface area contributed by atoms with E-state index in [4.69, 9.17) is 5.73 Å². The summed E-state index contributed by atoms with van der Waals surface area (Å²) in [5.74, 6) is 0.372. The van der Waals surface area contributed by atoms with E-state index < -0.39 is 0 Å². The molecule has 0 aliphatic heterocycles. The van der Waals surface area contributed by atoms with Crippen LogP contribution >= 0.6 is 0 Å². The summed E-state index contributed by atoms with van der Waals surface area (Å²) in [5, 5.41) is 3.00. The average Bonchev–Trinajstić information content (AvgIpc) is 2.37. The van der Waals surface area contributed by atoms with Crippen LogP contribution < -0.4 is 11.1 Å². The van der Waals surface area contributed by atoms with Crippen LogP contribution in [-0.2, 0) is 4.79 Å². The Kier molecular flexibility index (Phi) is 5.70. The van der Waals surface area contributed by atoms with E-state index in [0.29, 0.717) is 13.0 Å². The van der Waals surface area contributed by atoms with Crippen molar-refractivity contribution in [1.82, 2.24) is 5.32 Å². The van der Waals surface area contributed by atoms with Crippen LogP contribution in [0.15, 0.2) is 30.3 Å². The zero-order chi connectivity index (χ0) is 12.7. The van der Waals surface area contributed by atoms with Crippen LogP contribution in [0.2, 0.25) is 0 Å². The largest absolute Gasteiger partial charge is 0.350 e. The first-order chi connectivity index (χ1) is 8.17. The number of nitrogens with two attached hydrogens (primary N) is 1. The Morgan fingerprint density at radius 2 is 2.00 bits per heavy atom. The van der Waals surface area contributed by atoms with Crippen molar-refractivity contribution in [2.24, 2.45) is 11.7 Å². The second-order valence-corrected chi connectivity index (χ2v) is 4.41. The van der Waals surface area contributed by atoms with Crippen molar-refractivity contribution >= 4 is 5.91 Å². The summed E-state index contributed by atoms with van der Waals surface area (Å²) in [7, 11) is 0. The van der Waals surface area contributed by atoms with Gasteiger partial charge in [-0.2, -0.15) is 0 Å². The molecule has 0 bridgehead atoms. The molecule has 0 saturated heterocycles. The average molecular weight is 234 g/mol. The molecule has 3 nitrogen and oxygen atoms in total. The minimum Gasteiger partial charge on any atom is -0.350 e. The van der Waals surface area contributed by atoms with Gasteiger partial charge in [-0.25, -0.2) is 0 Å². The van der Waals surface area contributed by atoms with Gasteiger partial charge in [-0.05, 0) is 24.9 Å². The lowest BCUT2D eigenvalue weighted by molar-refractivity contribution is -0.122. The molecule has 94 valence electrons. The first kappa shape index (κ1) is 13.7. The van der Waals surface area contributed by atoms with Gasteiger partial charge in [0.05, 0.1) is 6.04 Å². The predicted octanol–water partition coefficient (Wildman–Crippen LogP) is 2.24. The molecule has 0 spiro atoms. The summed E-state index contributed by atoms with van der Waals surface area (Å²) >= 11 is 0. The summed E-state index contributed by atoms with van der Waals surface area (Å²) in [6, 6.07) is 10.0. The van der Waals surface area contributed by atoms with E-state index in [2.05, 4.69) is 12.2 Å². The highest BCUT2D eigenvalue weighted by atomic mass is 16.1. The fourth-order valence-electron chi connectivity index (χ4n) is 1.78. The fraction of sp³-hybridized carbons (Fsp3) is 0.500. The molecule has 1 unspecified atom stereocenters. The molecule has 0 aromatic heterocycles. The Labute approximate surface area is 103 Å². The summed E-state index contributed by atoms with van der Waals surface area (Å²) < 4.78 is 0. The molecule has 0 heterocycles. The zero-order valence-corrected chi connectivity index (χ0v) is 10.6. The Bertz CT molecular complexity index is 333. The maximum Gasteiger partial charge on any atom is 0.220 e. The van der Waals surface area contributed by atoms with E-state index in [1.807, 2.05) is 37.3 Å². The Morgan fingerprint density at radius 1 is 1.35 bits per heavy atom. The second-order valence-electron chi connectivity index (χ2n) is 4.41. The molecule has 17 heavy (non-hydrogen) atoms. The van der Waals surface area contributed by atoms with Crippen molar-refractivity contribution in [3.8, 4) is 0 Å². The molecular formula is C14H22N2O. The molecule has 1 rings (SSSR count). The minimum atomic E-state index is 0.0546. The molecule has 0 aliphatic rings. The molecule has 3 heteroatoms. The Morgan fingerprint density at radius 3 is 2.53 bits per heavy atom. The van der Waals surface area contributed by atoms with Crippen LogP contribution in [0.25, 0.3) is 0 Å². The first-order valence-corrected chi connectivity index (χ1v) is 6.21. The molecule has 1 amide bonds. The van der Waals surface area contributed by atoms with Gasteiger partial charge in [0, 0.05) is 6.42 Å². The lowest BCUT2D eigenvalue weighted by Gasteiger charge is -2.17. The third-order valence-electron chi connectivity index (χ3n) is 3.06. The SMILES string of the molecule is CCC(CN)CC(=O)N[C@@H](C)c1ccccc1. The van der Waals surface area contributed by atoms with E-state index in [1.54, 1.807) is 0 Å². The normalized spacial score (nSPS) is 14.1. The van der Waals surface area contributed by atoms with Crippen molar-refractivity contribution in [2.45, 2.75) is 32.7 Å². The second kappa shape index (κ2) is 7.07. The number of carbonyl (C=O) groups excluding carboxylic acids is 1. The van der Waals surface area contributed by atoms with Crippen molar-refractivity contribution < 1.29 is 4.79 Å². The number of hydrogen-bond acceptors (Lipinski definition) is 2. The summed E-state index contributed by atoms with van der Waals surface area (Å²) in [4.78, 5) is 11.8. The summed E-state index contributed by atoms with van der Waals surface area (Å²) in [6.07, 6.45) is 1.47. The van der Waals surface area contributed by atoms with Gasteiger partial charge in [-0.15, -0.1) is 0 Å². The third-order valence-corrected chi connectivity index (χ3v) is 3.06. The van der Waals surface area contributed by atoms with Crippen LogP contribution in [0.4, 0.5) is 0 Å². The molecule has 1 aromatic rings.